The van der Waals surface area contributed by atoms with Crippen molar-refractivity contribution in [1.82, 2.24) is 19.7 Å². The molecule has 18 heteroatoms. The van der Waals surface area contributed by atoms with Crippen LogP contribution < -0.4 is 26.8 Å². The maximum absolute atomic E-state index is 14.7. The maximum Gasteiger partial charge on any atom is 0.459 e. The van der Waals surface area contributed by atoms with Gasteiger partial charge in [-0.25, -0.2) is 14.1 Å². The SMILES string of the molecule is CC(C)[C@@H](N)C(=O)O[C@H]1[C@H](c2ccc3c(N)ncnn23)O[C@](C)(CO[P@@](=O)(N[C@@H](C)C(=O)OC2CCCCC2)Oc2ccccc2)[C@H]1OC(=O)[C@H](N)C(C)C. The first kappa shape index (κ1) is 42.0. The summed E-state index contributed by atoms with van der Waals surface area (Å²) in [5, 5.41) is 7.05. The van der Waals surface area contributed by atoms with Crippen LogP contribution >= 0.6 is 7.75 Å². The number of benzene rings is 1. The molecule has 0 bridgehead atoms. The minimum atomic E-state index is -4.46. The third kappa shape index (κ3) is 10.0. The molecule has 3 heterocycles. The standard InChI is InChI=1S/C37H54N7O10P/c1-21(2)28(38)35(46)51-31-30(26-17-18-27-33(40)41-20-42-44(26)27)53-37(6,32(31)52-36(47)29(39)22(3)4)19-49-55(48,54-25-15-11-8-12-16-25)43-23(5)34(45)50-24-13-9-7-10-14-24/h8,11-12,15-18,20-24,28-32H,7,9-10,13-14,19,38-39H2,1-6H3,(H,43,48)(H2,40,41,42)/t23-,28+,29+,30-,31-,32-,37+,55-/m0/s1. The van der Waals surface area contributed by atoms with Crippen molar-refractivity contribution in [2.45, 2.75) is 122 Å². The summed E-state index contributed by atoms with van der Waals surface area (Å²) in [4.78, 5) is 44.4. The van der Waals surface area contributed by atoms with Crippen LogP contribution in [0.2, 0.25) is 0 Å². The van der Waals surface area contributed by atoms with Gasteiger partial charge in [-0.15, -0.1) is 0 Å². The van der Waals surface area contributed by atoms with Gasteiger partial charge in [0.1, 0.15) is 53.5 Å². The van der Waals surface area contributed by atoms with E-state index in [-0.39, 0.29) is 29.5 Å². The highest BCUT2D eigenvalue weighted by molar-refractivity contribution is 7.52. The van der Waals surface area contributed by atoms with Crippen molar-refractivity contribution in [3.05, 3.63) is 54.5 Å². The molecule has 5 rings (SSSR count). The first-order valence-corrected chi connectivity index (χ1v) is 20.2. The molecule has 17 nitrogen and oxygen atoms in total. The van der Waals surface area contributed by atoms with Gasteiger partial charge in [0.15, 0.2) is 18.0 Å². The minimum Gasteiger partial charge on any atom is -0.461 e. The molecule has 55 heavy (non-hydrogen) atoms. The van der Waals surface area contributed by atoms with Crippen molar-refractivity contribution in [2.24, 2.45) is 23.3 Å². The first-order valence-electron chi connectivity index (χ1n) is 18.7. The number of hydrogen-bond donors (Lipinski definition) is 4. The predicted molar refractivity (Wildman–Crippen MR) is 201 cm³/mol. The van der Waals surface area contributed by atoms with Gasteiger partial charge in [-0.05, 0) is 75.6 Å². The minimum absolute atomic E-state index is 0.174. The second kappa shape index (κ2) is 17.8. The molecule has 3 aromatic rings. The van der Waals surface area contributed by atoms with Gasteiger partial charge in [0.25, 0.3) is 0 Å². The number of fused-ring (bicyclic) bond motifs is 1. The van der Waals surface area contributed by atoms with Crippen molar-refractivity contribution in [3.63, 3.8) is 0 Å². The van der Waals surface area contributed by atoms with Crippen LogP contribution in [-0.4, -0.2) is 81.2 Å². The van der Waals surface area contributed by atoms with Gasteiger partial charge in [-0.2, -0.15) is 10.2 Å². The van der Waals surface area contributed by atoms with Gasteiger partial charge >= 0.3 is 25.7 Å². The number of carbonyl (C=O) groups is 3. The van der Waals surface area contributed by atoms with E-state index >= 15 is 0 Å². The Balaban J connectivity index is 1.52. The summed E-state index contributed by atoms with van der Waals surface area (Å²) >= 11 is 0. The van der Waals surface area contributed by atoms with Crippen LogP contribution in [0.1, 0.15) is 85.4 Å². The lowest BCUT2D eigenvalue weighted by Gasteiger charge is -2.33. The fourth-order valence-electron chi connectivity index (χ4n) is 6.40. The number of carbonyl (C=O) groups excluding carboxylic acids is 3. The first-order chi connectivity index (χ1) is 26.0. The molecular formula is C37H54N7O10P. The molecule has 302 valence electrons. The number of para-hydroxylation sites is 1. The highest BCUT2D eigenvalue weighted by Crippen LogP contribution is 2.50. The van der Waals surface area contributed by atoms with E-state index in [0.29, 0.717) is 11.2 Å². The van der Waals surface area contributed by atoms with Crippen LogP contribution in [-0.2, 0) is 42.4 Å². The maximum atomic E-state index is 14.7. The summed E-state index contributed by atoms with van der Waals surface area (Å²) < 4.78 is 52.7. The molecular weight excluding hydrogens is 733 g/mol. The molecule has 2 aliphatic rings. The highest BCUT2D eigenvalue weighted by atomic mass is 31.2. The second-order valence-corrected chi connectivity index (χ2v) is 16.8. The van der Waals surface area contributed by atoms with Crippen molar-refractivity contribution >= 4 is 37.0 Å². The van der Waals surface area contributed by atoms with E-state index in [1.54, 1.807) is 77.1 Å². The highest BCUT2D eigenvalue weighted by Gasteiger charge is 2.59. The molecule has 0 radical (unpaired) electrons. The topological polar surface area (TPSA) is 244 Å². The van der Waals surface area contributed by atoms with E-state index in [2.05, 4.69) is 15.2 Å². The molecule has 0 spiro atoms. The third-order valence-electron chi connectivity index (χ3n) is 9.90. The van der Waals surface area contributed by atoms with Gasteiger partial charge < -0.3 is 40.7 Å². The van der Waals surface area contributed by atoms with Crippen LogP contribution in [0, 0.1) is 11.8 Å². The van der Waals surface area contributed by atoms with Gasteiger partial charge in [-0.1, -0.05) is 52.3 Å². The Morgan fingerprint density at radius 2 is 1.56 bits per heavy atom. The molecule has 1 aliphatic heterocycles. The Morgan fingerprint density at radius 3 is 2.20 bits per heavy atom. The molecule has 1 aliphatic carbocycles. The molecule has 0 amide bonds. The van der Waals surface area contributed by atoms with Crippen LogP contribution in [0.15, 0.2) is 48.8 Å². The number of rotatable bonds is 16. The average Bonchev–Trinajstić information content (AvgIpc) is 3.70. The number of aromatic nitrogens is 3. The van der Waals surface area contributed by atoms with E-state index in [0.717, 1.165) is 32.1 Å². The Labute approximate surface area is 320 Å². The van der Waals surface area contributed by atoms with E-state index in [1.807, 2.05) is 0 Å². The lowest BCUT2D eigenvalue weighted by Crippen LogP contribution is -2.52. The van der Waals surface area contributed by atoms with Gasteiger partial charge in [0.05, 0.1) is 12.3 Å². The monoisotopic (exact) mass is 787 g/mol. The number of esters is 3. The van der Waals surface area contributed by atoms with E-state index in [4.69, 9.17) is 45.2 Å². The summed E-state index contributed by atoms with van der Waals surface area (Å²) in [7, 11) is -4.46. The summed E-state index contributed by atoms with van der Waals surface area (Å²) in [5.74, 6) is -2.49. The van der Waals surface area contributed by atoms with E-state index < -0.39 is 74.3 Å². The molecule has 1 saturated heterocycles. The van der Waals surface area contributed by atoms with Gasteiger partial charge in [-0.3, -0.25) is 18.9 Å². The number of nitrogens with one attached hydrogen (secondary N) is 1. The largest absolute Gasteiger partial charge is 0.461 e. The van der Waals surface area contributed by atoms with Crippen LogP contribution in [0.25, 0.3) is 5.52 Å². The Morgan fingerprint density at radius 1 is 0.927 bits per heavy atom. The number of nitrogens with two attached hydrogens (primary N) is 3. The molecule has 7 N–H and O–H groups in total. The van der Waals surface area contributed by atoms with Crippen LogP contribution in [0.3, 0.4) is 0 Å². The third-order valence-corrected chi connectivity index (χ3v) is 11.5. The number of nitrogens with zero attached hydrogens (tertiary/aromatic N) is 3. The molecule has 2 fully saturated rings. The zero-order valence-corrected chi connectivity index (χ0v) is 33.1. The zero-order valence-electron chi connectivity index (χ0n) is 32.2. The normalized spacial score (nSPS) is 24.6. The second-order valence-electron chi connectivity index (χ2n) is 15.1. The summed E-state index contributed by atoms with van der Waals surface area (Å²) in [6, 6.07) is 8.34. The molecule has 0 unspecified atom stereocenters. The smallest absolute Gasteiger partial charge is 0.459 e. The van der Waals surface area contributed by atoms with Crippen molar-refractivity contribution in [1.29, 1.82) is 0 Å². The molecule has 1 aromatic carbocycles. The van der Waals surface area contributed by atoms with Gasteiger partial charge in [0.2, 0.25) is 0 Å². The van der Waals surface area contributed by atoms with Crippen LogP contribution in [0.4, 0.5) is 5.82 Å². The molecule has 1 saturated carbocycles. The quantitative estimate of drug-likeness (QED) is 0.0911. The van der Waals surface area contributed by atoms with E-state index in [9.17, 15) is 18.9 Å². The zero-order chi connectivity index (χ0) is 40.1. The predicted octanol–water partition coefficient (Wildman–Crippen LogP) is 3.99. The lowest BCUT2D eigenvalue weighted by molar-refractivity contribution is -0.174. The molecule has 8 atom stereocenters. The van der Waals surface area contributed by atoms with Crippen molar-refractivity contribution in [2.75, 3.05) is 12.3 Å². The van der Waals surface area contributed by atoms with Crippen molar-refractivity contribution in [3.8, 4) is 5.75 Å². The number of ether oxygens (including phenoxy) is 4. The number of nitrogen functional groups attached to an aromatic ring is 1. The van der Waals surface area contributed by atoms with E-state index in [1.165, 1.54) is 17.8 Å². The number of hydrogen-bond acceptors (Lipinski definition) is 15. The Hall–Kier alpha value is -4.12. The molecule has 2 aromatic heterocycles. The Bertz CT molecular complexity index is 1840. The average molecular weight is 788 g/mol. The lowest BCUT2D eigenvalue weighted by atomic mass is 9.95. The fraction of sp³-hybridized carbons (Fsp3) is 0.595. The summed E-state index contributed by atoms with van der Waals surface area (Å²) in [5.41, 5.74) is 17.7. The van der Waals surface area contributed by atoms with Crippen molar-refractivity contribution < 1.29 is 46.9 Å². The van der Waals surface area contributed by atoms with Gasteiger partial charge in [0, 0.05) is 0 Å². The summed E-state index contributed by atoms with van der Waals surface area (Å²) in [6.07, 6.45) is 1.53. The summed E-state index contributed by atoms with van der Waals surface area (Å²) in [6.45, 7) is 9.48. The van der Waals surface area contributed by atoms with Crippen LogP contribution in [0.5, 0.6) is 5.75 Å². The Kier molecular flexibility index (Phi) is 13.6. The number of anilines is 1. The fourth-order valence-corrected chi connectivity index (χ4v) is 7.99.